The number of nitrogens with one attached hydrogen (secondary N) is 2. The maximum atomic E-state index is 12.6. The molecule has 2 N–H and O–H groups in total. The molecule has 3 aliphatic heterocycles. The van der Waals surface area contributed by atoms with Crippen LogP contribution in [0.4, 0.5) is 16.2 Å². The Morgan fingerprint density at radius 1 is 1.06 bits per heavy atom. The first-order chi connectivity index (χ1) is 15.2. The molecule has 1 unspecified atom stereocenters. The summed E-state index contributed by atoms with van der Waals surface area (Å²) < 4.78 is 16.3. The van der Waals surface area contributed by atoms with Gasteiger partial charge in [0.1, 0.15) is 0 Å². The number of carbonyl (C=O) groups is 1. The Morgan fingerprint density at radius 2 is 1.90 bits per heavy atom. The van der Waals surface area contributed by atoms with E-state index in [4.69, 9.17) is 14.2 Å². The van der Waals surface area contributed by atoms with Crippen LogP contribution in [0, 0.1) is 0 Å². The van der Waals surface area contributed by atoms with E-state index >= 15 is 0 Å². The lowest BCUT2D eigenvalue weighted by molar-refractivity contribution is 0.0168. The Balaban J connectivity index is 1.28. The molecule has 1 atom stereocenters. The third-order valence-electron chi connectivity index (χ3n) is 6.19. The van der Waals surface area contributed by atoms with Gasteiger partial charge in [-0.2, -0.15) is 0 Å². The summed E-state index contributed by atoms with van der Waals surface area (Å²) in [6.07, 6.45) is 1.06. The summed E-state index contributed by atoms with van der Waals surface area (Å²) >= 11 is 0. The number of hydrogen-bond acceptors (Lipinski definition) is 6. The monoisotopic (exact) mass is 424 g/mol. The van der Waals surface area contributed by atoms with E-state index < -0.39 is 0 Å². The van der Waals surface area contributed by atoms with Crippen molar-refractivity contribution in [3.05, 3.63) is 47.5 Å². The van der Waals surface area contributed by atoms with Gasteiger partial charge in [0.25, 0.3) is 0 Å². The van der Waals surface area contributed by atoms with E-state index in [9.17, 15) is 4.79 Å². The number of fused-ring (bicyclic) bond motifs is 2. The van der Waals surface area contributed by atoms with Gasteiger partial charge in [-0.15, -0.1) is 0 Å². The fourth-order valence-electron chi connectivity index (χ4n) is 4.48. The predicted octanol–water partition coefficient (Wildman–Crippen LogP) is 2.60. The average molecular weight is 425 g/mol. The number of rotatable bonds is 5. The van der Waals surface area contributed by atoms with E-state index in [2.05, 4.69) is 45.7 Å². The minimum absolute atomic E-state index is 0.0996. The van der Waals surface area contributed by atoms with Crippen LogP contribution in [-0.2, 0) is 11.2 Å². The number of benzene rings is 2. The number of morpholine rings is 1. The van der Waals surface area contributed by atoms with Gasteiger partial charge >= 0.3 is 6.03 Å². The van der Waals surface area contributed by atoms with Gasteiger partial charge in [-0.1, -0.05) is 12.1 Å². The number of hydrogen-bond donors (Lipinski definition) is 2. The van der Waals surface area contributed by atoms with Crippen LogP contribution in [0.3, 0.4) is 0 Å². The number of anilines is 2. The minimum Gasteiger partial charge on any atom is -0.454 e. The van der Waals surface area contributed by atoms with Gasteiger partial charge in [0, 0.05) is 50.7 Å². The number of ether oxygens (including phenoxy) is 3. The van der Waals surface area contributed by atoms with Crippen LogP contribution in [0.5, 0.6) is 11.5 Å². The highest BCUT2D eigenvalue weighted by atomic mass is 16.7. The van der Waals surface area contributed by atoms with E-state index in [0.29, 0.717) is 36.9 Å². The molecule has 8 nitrogen and oxygen atoms in total. The molecule has 0 aliphatic carbocycles. The average Bonchev–Trinajstić information content (AvgIpc) is 3.41. The topological polar surface area (TPSA) is 75.3 Å². The largest absolute Gasteiger partial charge is 0.454 e. The van der Waals surface area contributed by atoms with Gasteiger partial charge in [-0.3, -0.25) is 4.90 Å². The predicted molar refractivity (Wildman–Crippen MR) is 118 cm³/mol. The summed E-state index contributed by atoms with van der Waals surface area (Å²) in [6, 6.07) is 11.9. The van der Waals surface area contributed by atoms with Crippen molar-refractivity contribution in [3.8, 4) is 11.5 Å². The molecule has 0 aromatic heterocycles. The molecule has 0 saturated carbocycles. The Morgan fingerprint density at radius 3 is 2.77 bits per heavy atom. The zero-order valence-electron chi connectivity index (χ0n) is 17.7. The van der Waals surface area contributed by atoms with Crippen LogP contribution in [0.2, 0.25) is 0 Å². The molecule has 0 radical (unpaired) electrons. The van der Waals surface area contributed by atoms with Crippen LogP contribution < -0.4 is 25.0 Å². The lowest BCUT2D eigenvalue weighted by Gasteiger charge is -2.35. The molecule has 0 spiro atoms. The Labute approximate surface area is 182 Å². The summed E-state index contributed by atoms with van der Waals surface area (Å²) in [7, 11) is 2.13. The molecule has 1 saturated heterocycles. The third-order valence-corrected chi connectivity index (χ3v) is 6.19. The fourth-order valence-corrected chi connectivity index (χ4v) is 4.48. The first kappa shape index (κ1) is 20.0. The molecule has 3 aliphatic rings. The summed E-state index contributed by atoms with van der Waals surface area (Å²) in [5.74, 6) is 1.34. The van der Waals surface area contributed by atoms with Crippen LogP contribution >= 0.6 is 0 Å². The zero-order valence-corrected chi connectivity index (χ0v) is 17.7. The highest BCUT2D eigenvalue weighted by Gasteiger charge is 2.25. The summed E-state index contributed by atoms with van der Waals surface area (Å²) in [4.78, 5) is 17.3. The van der Waals surface area contributed by atoms with Gasteiger partial charge in [0.05, 0.1) is 19.3 Å². The molecular weight excluding hydrogens is 396 g/mol. The highest BCUT2D eigenvalue weighted by molar-refractivity contribution is 5.89. The smallest absolute Gasteiger partial charge is 0.319 e. The summed E-state index contributed by atoms with van der Waals surface area (Å²) in [5.41, 5.74) is 4.59. The standard InChI is InChI=1S/C23H28N4O4/c1-26-7-6-17-12-16(2-4-19(17)26)20(27-8-10-29-11-9-27)14-24-23(28)25-18-3-5-21-22(13-18)31-15-30-21/h2-5,12-13,20H,6-11,14-15H2,1H3,(H2,24,25,28). The number of nitrogens with zero attached hydrogens (tertiary/aromatic N) is 2. The molecule has 0 bridgehead atoms. The van der Waals surface area contributed by atoms with Crippen LogP contribution in [0.25, 0.3) is 0 Å². The quantitative estimate of drug-likeness (QED) is 0.769. The summed E-state index contributed by atoms with van der Waals surface area (Å²) in [5, 5.41) is 5.95. The Kier molecular flexibility index (Phi) is 5.57. The van der Waals surface area contributed by atoms with Crippen molar-refractivity contribution in [2.45, 2.75) is 12.5 Å². The first-order valence-electron chi connectivity index (χ1n) is 10.8. The van der Waals surface area contributed by atoms with Gasteiger partial charge in [-0.05, 0) is 35.7 Å². The van der Waals surface area contributed by atoms with Crippen molar-refractivity contribution < 1.29 is 19.0 Å². The molecule has 164 valence electrons. The maximum Gasteiger partial charge on any atom is 0.319 e. The Hall–Kier alpha value is -2.97. The van der Waals surface area contributed by atoms with Gasteiger partial charge in [0.15, 0.2) is 11.5 Å². The van der Waals surface area contributed by atoms with Crippen LogP contribution in [0.15, 0.2) is 36.4 Å². The lowest BCUT2D eigenvalue weighted by Crippen LogP contribution is -2.44. The van der Waals surface area contributed by atoms with Crippen molar-refractivity contribution >= 4 is 17.4 Å². The van der Waals surface area contributed by atoms with Crippen molar-refractivity contribution in [2.75, 3.05) is 63.5 Å². The molecule has 2 aromatic rings. The van der Waals surface area contributed by atoms with E-state index in [0.717, 1.165) is 26.1 Å². The number of likely N-dealkylation sites (N-methyl/N-ethyl adjacent to an activating group) is 1. The highest BCUT2D eigenvalue weighted by Crippen LogP contribution is 2.34. The third kappa shape index (κ3) is 4.26. The van der Waals surface area contributed by atoms with Crippen molar-refractivity contribution in [3.63, 3.8) is 0 Å². The fraction of sp³-hybridized carbons (Fsp3) is 0.435. The lowest BCUT2D eigenvalue weighted by atomic mass is 10.0. The van der Waals surface area contributed by atoms with Crippen molar-refractivity contribution in [2.24, 2.45) is 0 Å². The number of amides is 2. The van der Waals surface area contributed by atoms with E-state index in [1.807, 2.05) is 6.07 Å². The second kappa shape index (κ2) is 8.64. The molecule has 2 amide bonds. The minimum atomic E-state index is -0.238. The summed E-state index contributed by atoms with van der Waals surface area (Å²) in [6.45, 7) is 4.92. The molecule has 2 aromatic carbocycles. The number of urea groups is 1. The molecule has 31 heavy (non-hydrogen) atoms. The maximum absolute atomic E-state index is 12.6. The molecular formula is C23H28N4O4. The Bertz CT molecular complexity index is 961. The van der Waals surface area contributed by atoms with Gasteiger partial charge < -0.3 is 29.7 Å². The normalized spacial score (nSPS) is 18.5. The SMILES string of the molecule is CN1CCc2cc(C(CNC(=O)Nc3ccc4c(c3)OCO4)N3CCOCC3)ccc21. The molecule has 5 rings (SSSR count). The zero-order chi connectivity index (χ0) is 21.2. The van der Waals surface area contributed by atoms with E-state index in [1.54, 1.807) is 12.1 Å². The van der Waals surface area contributed by atoms with Crippen molar-refractivity contribution in [1.82, 2.24) is 10.2 Å². The van der Waals surface area contributed by atoms with Crippen molar-refractivity contribution in [1.29, 1.82) is 0 Å². The second-order valence-corrected chi connectivity index (χ2v) is 8.13. The number of carbonyl (C=O) groups excluding carboxylic acids is 1. The van der Waals surface area contributed by atoms with Crippen LogP contribution in [-0.4, -0.2) is 64.2 Å². The van der Waals surface area contributed by atoms with Crippen LogP contribution in [0.1, 0.15) is 17.2 Å². The second-order valence-electron chi connectivity index (χ2n) is 8.13. The molecule has 3 heterocycles. The van der Waals surface area contributed by atoms with Gasteiger partial charge in [-0.25, -0.2) is 4.79 Å². The first-order valence-corrected chi connectivity index (χ1v) is 10.8. The molecule has 8 heteroatoms. The van der Waals surface area contributed by atoms with E-state index in [1.165, 1.54) is 16.8 Å². The van der Waals surface area contributed by atoms with E-state index in [-0.39, 0.29) is 18.9 Å². The van der Waals surface area contributed by atoms with Gasteiger partial charge in [0.2, 0.25) is 6.79 Å². The molecule has 1 fully saturated rings.